The Bertz CT molecular complexity index is 1250. The van der Waals surface area contributed by atoms with E-state index in [2.05, 4.69) is 85.3 Å². The van der Waals surface area contributed by atoms with Crippen LogP contribution in [0, 0.1) is 0 Å². The molecule has 0 fully saturated rings. The molecule has 1 nitrogen and oxygen atoms in total. The molecule has 28 heavy (non-hydrogen) atoms. The highest BCUT2D eigenvalue weighted by molar-refractivity contribution is 6.25. The molecule has 0 aliphatic carbocycles. The predicted molar refractivity (Wildman–Crippen MR) is 120 cm³/mol. The van der Waals surface area contributed by atoms with Gasteiger partial charge < -0.3 is 4.74 Å². The SMILES string of the molecule is [B]C(C=C=C=C)(OCC=C)c1ccc2c3ccccc3c3ccccc3c2c1. The summed E-state index contributed by atoms with van der Waals surface area (Å²) in [6.45, 7) is 7.61. The molecule has 1 unspecified atom stereocenters. The average Bonchev–Trinajstić information content (AvgIpc) is 2.76. The lowest BCUT2D eigenvalue weighted by Gasteiger charge is -2.27. The van der Waals surface area contributed by atoms with Gasteiger partial charge in [0.05, 0.1) is 12.1 Å². The van der Waals surface area contributed by atoms with E-state index in [1.54, 1.807) is 12.2 Å². The van der Waals surface area contributed by atoms with Crippen molar-refractivity contribution in [1.82, 2.24) is 0 Å². The van der Waals surface area contributed by atoms with Crippen molar-refractivity contribution in [2.75, 3.05) is 6.61 Å². The van der Waals surface area contributed by atoms with Crippen molar-refractivity contribution in [3.05, 3.63) is 109 Å². The summed E-state index contributed by atoms with van der Waals surface area (Å²) in [5.74, 6) is 0. The number of benzene rings is 4. The van der Waals surface area contributed by atoms with Crippen LogP contribution in [0.4, 0.5) is 0 Å². The summed E-state index contributed by atoms with van der Waals surface area (Å²) >= 11 is 0. The molecule has 4 aromatic rings. The van der Waals surface area contributed by atoms with Crippen molar-refractivity contribution >= 4 is 40.2 Å². The molecule has 0 aliphatic heterocycles. The zero-order valence-electron chi connectivity index (χ0n) is 15.6. The molecule has 0 aromatic heterocycles. The summed E-state index contributed by atoms with van der Waals surface area (Å²) in [6.07, 6.45) is 3.32. The Balaban J connectivity index is 2.07. The summed E-state index contributed by atoms with van der Waals surface area (Å²) in [4.78, 5) is 0. The van der Waals surface area contributed by atoms with Gasteiger partial charge in [-0.15, -0.1) is 6.58 Å². The Hall–Kier alpha value is -3.28. The molecule has 0 saturated carbocycles. The lowest BCUT2D eigenvalue weighted by atomic mass is 9.74. The highest BCUT2D eigenvalue weighted by Crippen LogP contribution is 2.37. The van der Waals surface area contributed by atoms with E-state index in [9.17, 15) is 0 Å². The number of hydrogen-bond acceptors (Lipinski definition) is 1. The van der Waals surface area contributed by atoms with Crippen LogP contribution in [0.3, 0.4) is 0 Å². The second-order valence-corrected chi connectivity index (χ2v) is 6.71. The highest BCUT2D eigenvalue weighted by Gasteiger charge is 2.24. The monoisotopic (exact) mass is 358 g/mol. The molecule has 0 amide bonds. The average molecular weight is 358 g/mol. The van der Waals surface area contributed by atoms with Crippen molar-refractivity contribution in [2.45, 2.75) is 5.50 Å². The minimum atomic E-state index is -1.14. The van der Waals surface area contributed by atoms with Gasteiger partial charge in [0.15, 0.2) is 0 Å². The molecule has 2 radical (unpaired) electrons. The minimum Gasteiger partial charge on any atom is -0.372 e. The van der Waals surface area contributed by atoms with Gasteiger partial charge in [0.1, 0.15) is 7.85 Å². The van der Waals surface area contributed by atoms with E-state index in [-0.39, 0.29) is 0 Å². The fourth-order valence-electron chi connectivity index (χ4n) is 3.71. The van der Waals surface area contributed by atoms with Crippen LogP contribution in [0.25, 0.3) is 32.3 Å². The third-order valence-electron chi connectivity index (χ3n) is 5.02. The van der Waals surface area contributed by atoms with E-state index >= 15 is 0 Å². The third kappa shape index (κ3) is 3.01. The first-order valence-corrected chi connectivity index (χ1v) is 9.17. The number of fused-ring (bicyclic) bond motifs is 6. The molecule has 4 aromatic carbocycles. The second kappa shape index (κ2) is 7.39. The maximum Gasteiger partial charge on any atom is 0.127 e. The van der Waals surface area contributed by atoms with Crippen LogP contribution in [0.2, 0.25) is 0 Å². The largest absolute Gasteiger partial charge is 0.372 e. The summed E-state index contributed by atoms with van der Waals surface area (Å²) in [5, 5.41) is 7.20. The fraction of sp³-hybridized carbons (Fsp3) is 0.0769. The Morgan fingerprint density at radius 1 is 0.857 bits per heavy atom. The van der Waals surface area contributed by atoms with Crippen LogP contribution < -0.4 is 0 Å². The zero-order chi connectivity index (χ0) is 19.6. The van der Waals surface area contributed by atoms with E-state index < -0.39 is 5.50 Å². The van der Waals surface area contributed by atoms with E-state index in [1.165, 1.54) is 26.9 Å². The minimum absolute atomic E-state index is 0.322. The fourth-order valence-corrected chi connectivity index (χ4v) is 3.71. The maximum absolute atomic E-state index is 6.58. The van der Waals surface area contributed by atoms with E-state index in [0.717, 1.165) is 10.9 Å². The van der Waals surface area contributed by atoms with Crippen LogP contribution in [0.15, 0.2) is 104 Å². The molecule has 0 N–H and O–H groups in total. The third-order valence-corrected chi connectivity index (χ3v) is 5.02. The molecule has 0 aliphatic rings. The van der Waals surface area contributed by atoms with Crippen molar-refractivity contribution in [1.29, 1.82) is 0 Å². The smallest absolute Gasteiger partial charge is 0.127 e. The Morgan fingerprint density at radius 2 is 1.39 bits per heavy atom. The summed E-state index contributed by atoms with van der Waals surface area (Å²) in [7, 11) is 6.58. The van der Waals surface area contributed by atoms with Gasteiger partial charge in [-0.2, -0.15) is 0 Å². The zero-order valence-corrected chi connectivity index (χ0v) is 15.6. The Labute approximate surface area is 166 Å². The van der Waals surface area contributed by atoms with Gasteiger partial charge in [-0.25, -0.2) is 0 Å². The molecule has 2 heteroatoms. The van der Waals surface area contributed by atoms with Crippen LogP contribution in [0.1, 0.15) is 5.56 Å². The molecule has 0 heterocycles. The van der Waals surface area contributed by atoms with E-state index in [4.69, 9.17) is 12.6 Å². The highest BCUT2D eigenvalue weighted by atomic mass is 16.5. The predicted octanol–water partition coefficient (Wildman–Crippen LogP) is 6.17. The van der Waals surface area contributed by atoms with E-state index in [1.807, 2.05) is 6.07 Å². The van der Waals surface area contributed by atoms with E-state index in [0.29, 0.717) is 6.61 Å². The van der Waals surface area contributed by atoms with Gasteiger partial charge in [-0.1, -0.05) is 78.2 Å². The molecular weight excluding hydrogens is 339 g/mol. The maximum atomic E-state index is 6.58. The van der Waals surface area contributed by atoms with Crippen molar-refractivity contribution in [3.63, 3.8) is 0 Å². The first kappa shape index (κ1) is 18.1. The topological polar surface area (TPSA) is 9.23 Å². The van der Waals surface area contributed by atoms with Gasteiger partial charge >= 0.3 is 0 Å². The van der Waals surface area contributed by atoms with Crippen molar-refractivity contribution in [2.24, 2.45) is 0 Å². The van der Waals surface area contributed by atoms with Crippen LogP contribution in [-0.4, -0.2) is 14.5 Å². The van der Waals surface area contributed by atoms with Crippen molar-refractivity contribution in [3.8, 4) is 0 Å². The Morgan fingerprint density at radius 3 is 1.93 bits per heavy atom. The number of hydrogen-bond donors (Lipinski definition) is 0. The molecule has 0 saturated heterocycles. The molecule has 132 valence electrons. The van der Waals surface area contributed by atoms with Gasteiger partial charge in [-0.3, -0.25) is 0 Å². The van der Waals surface area contributed by atoms with Gasteiger partial charge in [0.2, 0.25) is 0 Å². The molecular formula is C26H19BO. The molecule has 0 spiro atoms. The molecule has 0 bridgehead atoms. The summed E-state index contributed by atoms with van der Waals surface area (Å²) in [5.41, 5.74) is 5.16. The quantitative estimate of drug-likeness (QED) is 0.179. The number of rotatable bonds is 5. The Kier molecular flexibility index (Phi) is 4.78. The van der Waals surface area contributed by atoms with Crippen LogP contribution in [0.5, 0.6) is 0 Å². The molecule has 1 atom stereocenters. The lowest BCUT2D eigenvalue weighted by molar-refractivity contribution is 0.0735. The van der Waals surface area contributed by atoms with Crippen LogP contribution >= 0.6 is 0 Å². The standard InChI is InChI=1S/C26H19BO/c1-3-5-16-26(27,28-17-4-2)19-14-15-24-22-12-7-6-10-20(22)21-11-8-9-13-23(21)25(24)18-19/h4,6-16,18H,1-2,17H2. The number of ether oxygens (including phenoxy) is 1. The van der Waals surface area contributed by atoms with Gasteiger partial charge in [0, 0.05) is 0 Å². The second-order valence-electron chi connectivity index (χ2n) is 6.71. The summed E-state index contributed by atoms with van der Waals surface area (Å²) < 4.78 is 5.89. The summed E-state index contributed by atoms with van der Waals surface area (Å²) in [6, 6.07) is 23.2. The van der Waals surface area contributed by atoms with Gasteiger partial charge in [0.25, 0.3) is 0 Å². The first-order valence-electron chi connectivity index (χ1n) is 9.17. The lowest BCUT2D eigenvalue weighted by Crippen LogP contribution is -2.27. The molecule has 4 rings (SSSR count). The van der Waals surface area contributed by atoms with Gasteiger partial charge in [-0.05, 0) is 56.6 Å². The normalized spacial score (nSPS) is 13.0. The van der Waals surface area contributed by atoms with Crippen LogP contribution in [-0.2, 0) is 10.2 Å². The van der Waals surface area contributed by atoms with Crippen molar-refractivity contribution < 1.29 is 4.74 Å². The first-order chi connectivity index (χ1) is 13.7.